The third-order valence-electron chi connectivity index (χ3n) is 4.16. The van der Waals surface area contributed by atoms with Gasteiger partial charge < -0.3 is 14.5 Å². The van der Waals surface area contributed by atoms with Gasteiger partial charge in [-0.2, -0.15) is 0 Å². The second kappa shape index (κ2) is 7.91. The van der Waals surface area contributed by atoms with Gasteiger partial charge in [0.2, 0.25) is 0 Å². The summed E-state index contributed by atoms with van der Waals surface area (Å²) in [5, 5.41) is 13.9. The number of carbonyl (C=O) groups is 1. The molecule has 1 aliphatic heterocycles. The molecule has 0 aliphatic carbocycles. The zero-order valence-electron chi connectivity index (χ0n) is 13.6. The summed E-state index contributed by atoms with van der Waals surface area (Å²) in [6, 6.07) is 9.42. The molecule has 1 aromatic heterocycles. The summed E-state index contributed by atoms with van der Waals surface area (Å²) < 4.78 is 10.9. The van der Waals surface area contributed by atoms with E-state index in [0.29, 0.717) is 19.8 Å². The van der Waals surface area contributed by atoms with Gasteiger partial charge in [0, 0.05) is 25.7 Å². The van der Waals surface area contributed by atoms with Crippen LogP contribution in [0.1, 0.15) is 22.2 Å². The molecule has 1 aromatic carbocycles. The molecule has 0 radical (unpaired) electrons. The third-order valence-corrected chi connectivity index (χ3v) is 4.16. The minimum absolute atomic E-state index is 0.0488. The molecule has 0 spiro atoms. The van der Waals surface area contributed by atoms with Gasteiger partial charge in [0.25, 0.3) is 11.6 Å². The number of nitro benzene ring substituents is 1. The highest BCUT2D eigenvalue weighted by atomic mass is 16.6. The maximum atomic E-state index is 12.4. The lowest BCUT2D eigenvalue weighted by atomic mass is 10.1. The Labute approximate surface area is 144 Å². The van der Waals surface area contributed by atoms with E-state index >= 15 is 0 Å². The number of para-hydroxylation sites is 1. The monoisotopic (exact) mass is 345 g/mol. The predicted octanol–water partition coefficient (Wildman–Crippen LogP) is 1.99. The molecule has 1 N–H and O–H groups in total. The van der Waals surface area contributed by atoms with E-state index < -0.39 is 10.8 Å². The normalized spacial score (nSPS) is 16.3. The van der Waals surface area contributed by atoms with Gasteiger partial charge in [0.15, 0.2) is 0 Å². The quantitative estimate of drug-likeness (QED) is 0.635. The number of morpholine rings is 1. The van der Waals surface area contributed by atoms with Gasteiger partial charge in [0.05, 0.1) is 30.4 Å². The van der Waals surface area contributed by atoms with Crippen molar-refractivity contribution in [1.29, 1.82) is 0 Å². The summed E-state index contributed by atoms with van der Waals surface area (Å²) in [6.45, 7) is 2.99. The van der Waals surface area contributed by atoms with Crippen LogP contribution in [0.5, 0.6) is 0 Å². The summed E-state index contributed by atoms with van der Waals surface area (Å²) in [5.74, 6) is 0.266. The highest BCUT2D eigenvalue weighted by Crippen LogP contribution is 2.22. The largest absolute Gasteiger partial charge is 0.468 e. The zero-order valence-corrected chi connectivity index (χ0v) is 13.6. The number of nitrogens with zero attached hydrogens (tertiary/aromatic N) is 2. The molecule has 132 valence electrons. The standard InChI is InChI=1S/C17H19N3O5/c21-17(13-4-1-2-5-14(13)20(22)23)18-12-15(16-6-3-9-25-16)19-7-10-24-11-8-19/h1-6,9,15H,7-8,10-12H2,(H,18,21). The first kappa shape index (κ1) is 17.1. The van der Waals surface area contributed by atoms with Crippen molar-refractivity contribution in [3.8, 4) is 0 Å². The number of hydrogen-bond acceptors (Lipinski definition) is 6. The Morgan fingerprint density at radius 1 is 1.24 bits per heavy atom. The smallest absolute Gasteiger partial charge is 0.282 e. The fraction of sp³-hybridized carbons (Fsp3) is 0.353. The van der Waals surface area contributed by atoms with Crippen molar-refractivity contribution in [3.63, 3.8) is 0 Å². The number of nitrogens with one attached hydrogen (secondary N) is 1. The lowest BCUT2D eigenvalue weighted by molar-refractivity contribution is -0.385. The number of nitro groups is 1. The van der Waals surface area contributed by atoms with Gasteiger partial charge in [-0.1, -0.05) is 12.1 Å². The van der Waals surface area contributed by atoms with Crippen LogP contribution < -0.4 is 5.32 Å². The third kappa shape index (κ3) is 4.04. The number of ether oxygens (including phenoxy) is 1. The van der Waals surface area contributed by atoms with E-state index in [2.05, 4.69) is 10.2 Å². The number of benzene rings is 1. The molecule has 1 amide bonds. The molecular formula is C17H19N3O5. The molecule has 8 nitrogen and oxygen atoms in total. The van der Waals surface area contributed by atoms with Crippen molar-refractivity contribution in [2.24, 2.45) is 0 Å². The van der Waals surface area contributed by atoms with Gasteiger partial charge in [-0.15, -0.1) is 0 Å². The van der Waals surface area contributed by atoms with Crippen molar-refractivity contribution in [1.82, 2.24) is 10.2 Å². The van der Waals surface area contributed by atoms with Crippen molar-refractivity contribution in [3.05, 3.63) is 64.1 Å². The highest BCUT2D eigenvalue weighted by Gasteiger charge is 2.26. The Bertz CT molecular complexity index is 726. The molecule has 1 unspecified atom stereocenters. The van der Waals surface area contributed by atoms with E-state index in [4.69, 9.17) is 9.15 Å². The fourth-order valence-corrected chi connectivity index (χ4v) is 2.89. The van der Waals surface area contributed by atoms with Gasteiger partial charge in [-0.05, 0) is 18.2 Å². The molecule has 2 heterocycles. The minimum atomic E-state index is -0.555. The van der Waals surface area contributed by atoms with E-state index in [-0.39, 0.29) is 17.3 Å². The molecule has 0 bridgehead atoms. The Morgan fingerprint density at radius 3 is 2.68 bits per heavy atom. The summed E-state index contributed by atoms with van der Waals surface area (Å²) in [6.07, 6.45) is 1.59. The predicted molar refractivity (Wildman–Crippen MR) is 89.3 cm³/mol. The van der Waals surface area contributed by atoms with Crippen molar-refractivity contribution in [2.45, 2.75) is 6.04 Å². The van der Waals surface area contributed by atoms with E-state index in [1.807, 2.05) is 6.07 Å². The van der Waals surface area contributed by atoms with E-state index in [0.717, 1.165) is 18.8 Å². The van der Waals surface area contributed by atoms with Crippen LogP contribution >= 0.6 is 0 Å². The van der Waals surface area contributed by atoms with Gasteiger partial charge in [0.1, 0.15) is 11.3 Å². The summed E-state index contributed by atoms with van der Waals surface area (Å²) >= 11 is 0. The molecule has 8 heteroatoms. The zero-order chi connectivity index (χ0) is 17.6. The molecule has 3 rings (SSSR count). The van der Waals surface area contributed by atoms with Gasteiger partial charge in [-0.25, -0.2) is 0 Å². The maximum absolute atomic E-state index is 12.4. The summed E-state index contributed by atoms with van der Waals surface area (Å²) in [7, 11) is 0. The Kier molecular flexibility index (Phi) is 5.42. The van der Waals surface area contributed by atoms with Crippen molar-refractivity contribution >= 4 is 11.6 Å². The number of carbonyl (C=O) groups excluding carboxylic acids is 1. The second-order valence-corrected chi connectivity index (χ2v) is 5.66. The molecule has 2 aromatic rings. The van der Waals surface area contributed by atoms with Crippen LogP contribution in [0.25, 0.3) is 0 Å². The molecule has 25 heavy (non-hydrogen) atoms. The maximum Gasteiger partial charge on any atom is 0.282 e. The van der Waals surface area contributed by atoms with Crippen molar-refractivity contribution < 1.29 is 18.9 Å². The van der Waals surface area contributed by atoms with Crippen LogP contribution in [0, 0.1) is 10.1 Å². The first-order valence-electron chi connectivity index (χ1n) is 8.03. The van der Waals surface area contributed by atoms with Crippen LogP contribution in [0.15, 0.2) is 47.1 Å². The fourth-order valence-electron chi connectivity index (χ4n) is 2.89. The van der Waals surface area contributed by atoms with Crippen LogP contribution in [0.3, 0.4) is 0 Å². The van der Waals surface area contributed by atoms with Gasteiger partial charge >= 0.3 is 0 Å². The Balaban J connectivity index is 1.73. The van der Waals surface area contributed by atoms with Crippen LogP contribution in [-0.2, 0) is 4.74 Å². The Morgan fingerprint density at radius 2 is 2.00 bits per heavy atom. The SMILES string of the molecule is O=C(NCC(c1ccco1)N1CCOCC1)c1ccccc1[N+](=O)[O-]. The number of rotatable bonds is 6. The molecule has 1 aliphatic rings. The average Bonchev–Trinajstić information content (AvgIpc) is 3.17. The number of furan rings is 1. The first-order chi connectivity index (χ1) is 12.2. The molecule has 1 atom stereocenters. The topological polar surface area (TPSA) is 97.9 Å². The lowest BCUT2D eigenvalue weighted by Gasteiger charge is -2.33. The Hall–Kier alpha value is -2.71. The highest BCUT2D eigenvalue weighted by molar-refractivity contribution is 5.98. The second-order valence-electron chi connectivity index (χ2n) is 5.66. The molecule has 1 saturated heterocycles. The molecular weight excluding hydrogens is 326 g/mol. The summed E-state index contributed by atoms with van der Waals surface area (Å²) in [4.78, 5) is 25.1. The number of amides is 1. The van der Waals surface area contributed by atoms with E-state index in [9.17, 15) is 14.9 Å². The number of hydrogen-bond donors (Lipinski definition) is 1. The molecule has 1 fully saturated rings. The minimum Gasteiger partial charge on any atom is -0.468 e. The van der Waals surface area contributed by atoms with Gasteiger partial charge in [-0.3, -0.25) is 19.8 Å². The first-order valence-corrected chi connectivity index (χ1v) is 8.03. The van der Waals surface area contributed by atoms with Crippen LogP contribution in [0.2, 0.25) is 0 Å². The van der Waals surface area contributed by atoms with E-state index in [1.54, 1.807) is 18.4 Å². The lowest BCUT2D eigenvalue weighted by Crippen LogP contribution is -2.43. The average molecular weight is 345 g/mol. The van der Waals surface area contributed by atoms with Crippen molar-refractivity contribution in [2.75, 3.05) is 32.8 Å². The van der Waals surface area contributed by atoms with Crippen LogP contribution in [0.4, 0.5) is 5.69 Å². The summed E-state index contributed by atoms with van der Waals surface area (Å²) in [5.41, 5.74) is -0.159. The van der Waals surface area contributed by atoms with Crippen LogP contribution in [-0.4, -0.2) is 48.6 Å². The molecule has 0 saturated carbocycles. The van der Waals surface area contributed by atoms with E-state index in [1.165, 1.54) is 18.2 Å².